The molecule has 4 nitrogen and oxygen atoms in total. The molecule has 0 saturated carbocycles. The number of nitrogens with two attached hydrogens (primary N) is 1. The van der Waals surface area contributed by atoms with Crippen molar-refractivity contribution in [2.45, 2.75) is 19.8 Å². The Bertz CT molecular complexity index is 352. The monoisotopic (exact) mass is 332 g/mol. The lowest BCUT2D eigenvalue weighted by Crippen LogP contribution is -2.36. The van der Waals surface area contributed by atoms with Crippen LogP contribution in [0.15, 0.2) is 29.3 Å². The Labute approximate surface area is 110 Å². The third-order valence-electron chi connectivity index (χ3n) is 2.05. The Morgan fingerprint density at radius 2 is 2.19 bits per heavy atom. The van der Waals surface area contributed by atoms with Gasteiger partial charge in [0.15, 0.2) is 0 Å². The highest BCUT2D eigenvalue weighted by Gasteiger charge is 2.00. The highest BCUT2D eigenvalue weighted by molar-refractivity contribution is 14.1. The Balaban J connectivity index is 2.63. The first-order valence-electron chi connectivity index (χ1n) is 5.30. The Morgan fingerprint density at radius 1 is 1.44 bits per heavy atom. The Morgan fingerprint density at radius 3 is 2.81 bits per heavy atom. The van der Waals surface area contributed by atoms with Crippen molar-refractivity contribution in [2.24, 2.45) is 10.8 Å². The van der Waals surface area contributed by atoms with Gasteiger partial charge in [-0.3, -0.25) is 10.4 Å². The van der Waals surface area contributed by atoms with Crippen LogP contribution in [0.2, 0.25) is 0 Å². The van der Waals surface area contributed by atoms with Gasteiger partial charge in [-0.05, 0) is 41.1 Å². The molecule has 88 valence electrons. The van der Waals surface area contributed by atoms with Crippen LogP contribution in [0.4, 0.5) is 5.69 Å². The average Bonchev–Trinajstić information content (AvgIpc) is 2.30. The number of anilines is 1. The fourth-order valence-electron chi connectivity index (χ4n) is 1.16. The quantitative estimate of drug-likeness (QED) is 0.198. The number of rotatable bonds is 4. The molecule has 0 bridgehead atoms. The number of nitrogens with one attached hydrogen (secondary N) is 2. The minimum Gasteiger partial charge on any atom is -0.324 e. The predicted octanol–water partition coefficient (Wildman–Crippen LogP) is 2.32. The maximum absolute atomic E-state index is 5.41. The second kappa shape index (κ2) is 7.45. The van der Waals surface area contributed by atoms with Crippen molar-refractivity contribution < 1.29 is 0 Å². The molecule has 16 heavy (non-hydrogen) atoms. The lowest BCUT2D eigenvalue weighted by Gasteiger charge is -2.10. The molecule has 0 aliphatic heterocycles. The van der Waals surface area contributed by atoms with Crippen molar-refractivity contribution in [3.63, 3.8) is 0 Å². The maximum atomic E-state index is 5.41. The second-order valence-electron chi connectivity index (χ2n) is 3.33. The highest BCUT2D eigenvalue weighted by Crippen LogP contribution is 2.16. The van der Waals surface area contributed by atoms with E-state index in [9.17, 15) is 0 Å². The van der Waals surface area contributed by atoms with Gasteiger partial charge in [-0.1, -0.05) is 25.5 Å². The molecule has 4 N–H and O–H groups in total. The summed E-state index contributed by atoms with van der Waals surface area (Å²) in [5, 5.41) is 3.16. The fraction of sp³-hybridized carbons (Fsp3) is 0.364. The molecule has 1 aromatic rings. The van der Waals surface area contributed by atoms with Crippen LogP contribution in [0.1, 0.15) is 19.8 Å². The molecule has 0 aliphatic rings. The average molecular weight is 332 g/mol. The fourth-order valence-corrected chi connectivity index (χ4v) is 1.68. The van der Waals surface area contributed by atoms with Gasteiger partial charge in [-0.2, -0.15) is 0 Å². The van der Waals surface area contributed by atoms with Gasteiger partial charge in [-0.15, -0.1) is 0 Å². The number of nitrogens with zero attached hydrogens (tertiary/aromatic N) is 1. The summed E-state index contributed by atoms with van der Waals surface area (Å²) in [6, 6.07) is 8.00. The molecule has 0 atom stereocenters. The molecular weight excluding hydrogens is 315 g/mol. The van der Waals surface area contributed by atoms with Crippen molar-refractivity contribution in [1.29, 1.82) is 0 Å². The van der Waals surface area contributed by atoms with E-state index in [1.54, 1.807) is 0 Å². The second-order valence-corrected chi connectivity index (χ2v) is 4.50. The molecule has 0 unspecified atom stereocenters. The molecular formula is C11H17IN4. The van der Waals surface area contributed by atoms with Gasteiger partial charge in [0.25, 0.3) is 0 Å². The van der Waals surface area contributed by atoms with Crippen molar-refractivity contribution in [2.75, 3.05) is 11.9 Å². The van der Waals surface area contributed by atoms with Gasteiger partial charge >= 0.3 is 0 Å². The van der Waals surface area contributed by atoms with Crippen molar-refractivity contribution >= 4 is 34.2 Å². The third-order valence-corrected chi connectivity index (χ3v) is 2.99. The summed E-state index contributed by atoms with van der Waals surface area (Å²) in [6.45, 7) is 2.92. The van der Waals surface area contributed by atoms with Gasteiger partial charge < -0.3 is 5.32 Å². The van der Waals surface area contributed by atoms with E-state index in [1.165, 1.54) is 0 Å². The zero-order chi connectivity index (χ0) is 11.8. The first kappa shape index (κ1) is 13.2. The SMILES string of the molecule is CCCCN=C(NN)Nc1ccccc1I. The van der Waals surface area contributed by atoms with Crippen molar-refractivity contribution in [3.8, 4) is 0 Å². The summed E-state index contributed by atoms with van der Waals surface area (Å²) in [7, 11) is 0. The summed E-state index contributed by atoms with van der Waals surface area (Å²) in [4.78, 5) is 4.33. The number of aliphatic imine (C=N–C) groups is 1. The summed E-state index contributed by atoms with van der Waals surface area (Å²) in [6.07, 6.45) is 2.20. The molecule has 0 amide bonds. The van der Waals surface area contributed by atoms with E-state index in [0.717, 1.165) is 28.6 Å². The molecule has 0 heterocycles. The normalized spacial score (nSPS) is 11.3. The van der Waals surface area contributed by atoms with Crippen LogP contribution in [-0.2, 0) is 0 Å². The van der Waals surface area contributed by atoms with E-state index in [2.05, 4.69) is 45.2 Å². The number of unbranched alkanes of at least 4 members (excludes halogenated alkanes) is 1. The standard InChI is InChI=1S/C11H17IN4/c1-2-3-8-14-11(16-13)15-10-7-5-4-6-9(10)12/h4-7H,2-3,8,13H2,1H3,(H2,14,15,16). The van der Waals surface area contributed by atoms with Crippen molar-refractivity contribution in [1.82, 2.24) is 5.43 Å². The topological polar surface area (TPSA) is 62.4 Å². The van der Waals surface area contributed by atoms with E-state index in [4.69, 9.17) is 5.84 Å². The third kappa shape index (κ3) is 4.36. The highest BCUT2D eigenvalue weighted by atomic mass is 127. The van der Waals surface area contributed by atoms with E-state index in [1.807, 2.05) is 24.3 Å². The molecule has 0 radical (unpaired) electrons. The number of halogens is 1. The number of para-hydroxylation sites is 1. The van der Waals surface area contributed by atoms with E-state index in [-0.39, 0.29) is 0 Å². The Kier molecular flexibility index (Phi) is 6.17. The Hall–Kier alpha value is -0.820. The molecule has 0 fully saturated rings. The van der Waals surface area contributed by atoms with Crippen LogP contribution in [0.5, 0.6) is 0 Å². The van der Waals surface area contributed by atoms with Crippen molar-refractivity contribution in [3.05, 3.63) is 27.8 Å². The first-order chi connectivity index (χ1) is 7.77. The van der Waals surface area contributed by atoms with Crippen LogP contribution < -0.4 is 16.6 Å². The lowest BCUT2D eigenvalue weighted by molar-refractivity contribution is 0.801. The zero-order valence-electron chi connectivity index (χ0n) is 9.33. The van der Waals surface area contributed by atoms with Gasteiger partial charge in [0, 0.05) is 10.1 Å². The number of hydrogen-bond donors (Lipinski definition) is 3. The minimum atomic E-state index is 0.609. The minimum absolute atomic E-state index is 0.609. The molecule has 0 spiro atoms. The number of guanidine groups is 1. The first-order valence-corrected chi connectivity index (χ1v) is 6.38. The van der Waals surface area contributed by atoms with Crippen LogP contribution >= 0.6 is 22.6 Å². The summed E-state index contributed by atoms with van der Waals surface area (Å²) in [5.41, 5.74) is 3.58. The maximum Gasteiger partial charge on any atom is 0.210 e. The predicted molar refractivity (Wildman–Crippen MR) is 77.3 cm³/mol. The van der Waals surface area contributed by atoms with Crippen LogP contribution in [0, 0.1) is 3.57 Å². The molecule has 1 aromatic carbocycles. The van der Waals surface area contributed by atoms with E-state index >= 15 is 0 Å². The van der Waals surface area contributed by atoms with Gasteiger partial charge in [-0.25, -0.2) is 5.84 Å². The summed E-state index contributed by atoms with van der Waals surface area (Å²) in [5.74, 6) is 6.02. The van der Waals surface area contributed by atoms with Crippen LogP contribution in [0.25, 0.3) is 0 Å². The van der Waals surface area contributed by atoms with Crippen LogP contribution in [-0.4, -0.2) is 12.5 Å². The van der Waals surface area contributed by atoms with Gasteiger partial charge in [0.1, 0.15) is 0 Å². The zero-order valence-corrected chi connectivity index (χ0v) is 11.5. The van der Waals surface area contributed by atoms with E-state index < -0.39 is 0 Å². The molecule has 0 saturated heterocycles. The smallest absolute Gasteiger partial charge is 0.210 e. The van der Waals surface area contributed by atoms with Gasteiger partial charge in [0.05, 0.1) is 5.69 Å². The number of benzene rings is 1. The van der Waals surface area contributed by atoms with E-state index in [0.29, 0.717) is 5.96 Å². The summed E-state index contributed by atoms with van der Waals surface area (Å²) < 4.78 is 1.14. The number of hydrazine groups is 1. The van der Waals surface area contributed by atoms with Crippen LogP contribution in [0.3, 0.4) is 0 Å². The summed E-state index contributed by atoms with van der Waals surface area (Å²) >= 11 is 2.27. The number of hydrogen-bond acceptors (Lipinski definition) is 2. The molecule has 0 aromatic heterocycles. The molecule has 5 heteroatoms. The lowest BCUT2D eigenvalue weighted by atomic mass is 10.3. The molecule has 0 aliphatic carbocycles. The van der Waals surface area contributed by atoms with Gasteiger partial charge in [0.2, 0.25) is 5.96 Å². The largest absolute Gasteiger partial charge is 0.324 e. The molecule has 1 rings (SSSR count).